The van der Waals surface area contributed by atoms with Crippen molar-refractivity contribution >= 4 is 29.9 Å². The average Bonchev–Trinajstić information content (AvgIpc) is 3.54. The van der Waals surface area contributed by atoms with Crippen LogP contribution in [0.3, 0.4) is 0 Å². The van der Waals surface area contributed by atoms with E-state index in [4.69, 9.17) is 4.74 Å². The first-order valence-electron chi connectivity index (χ1n) is 11.5. The molecule has 1 saturated heterocycles. The molecule has 0 aliphatic carbocycles. The molecule has 0 bridgehead atoms. The second-order valence-electron chi connectivity index (χ2n) is 8.18. The number of nitrogens with one attached hydrogen (secondary N) is 2. The van der Waals surface area contributed by atoms with Gasteiger partial charge in [-0.25, -0.2) is 9.97 Å². The SMILES string of the molecule is CN=C(NCc1ccc(-n2ccnc2C)nc1)NCC(c1ccccc1OC)N1CCCC1.I. The third kappa shape index (κ3) is 6.26. The molecule has 182 valence electrons. The molecule has 9 heteroatoms. The van der Waals surface area contributed by atoms with Gasteiger partial charge >= 0.3 is 0 Å². The number of aryl methyl sites for hydroxylation is 1. The van der Waals surface area contributed by atoms with Crippen molar-refractivity contribution in [2.24, 2.45) is 4.99 Å². The summed E-state index contributed by atoms with van der Waals surface area (Å²) in [6.07, 6.45) is 8.06. The number of nitrogens with zero attached hydrogens (tertiary/aromatic N) is 5. The number of ether oxygens (including phenoxy) is 1. The molecule has 0 saturated carbocycles. The lowest BCUT2D eigenvalue weighted by atomic mass is 10.0. The molecular formula is C25H34IN7O. The van der Waals surface area contributed by atoms with Gasteiger partial charge in [0.25, 0.3) is 0 Å². The van der Waals surface area contributed by atoms with Gasteiger partial charge in [0.05, 0.1) is 13.2 Å². The number of rotatable bonds is 8. The van der Waals surface area contributed by atoms with Crippen molar-refractivity contribution in [3.63, 3.8) is 0 Å². The van der Waals surface area contributed by atoms with Crippen LogP contribution in [0.1, 0.15) is 35.8 Å². The fourth-order valence-electron chi connectivity index (χ4n) is 4.31. The van der Waals surface area contributed by atoms with Gasteiger partial charge in [-0.1, -0.05) is 24.3 Å². The van der Waals surface area contributed by atoms with Gasteiger partial charge in [-0.3, -0.25) is 14.5 Å². The van der Waals surface area contributed by atoms with Gasteiger partial charge in [-0.15, -0.1) is 24.0 Å². The van der Waals surface area contributed by atoms with Gasteiger partial charge in [0.1, 0.15) is 17.4 Å². The molecule has 0 spiro atoms. The van der Waals surface area contributed by atoms with Crippen LogP contribution in [0.5, 0.6) is 5.75 Å². The molecule has 34 heavy (non-hydrogen) atoms. The Morgan fingerprint density at radius 1 is 1.12 bits per heavy atom. The third-order valence-electron chi connectivity index (χ3n) is 6.11. The summed E-state index contributed by atoms with van der Waals surface area (Å²) >= 11 is 0. The molecule has 3 heterocycles. The van der Waals surface area contributed by atoms with Gasteiger partial charge < -0.3 is 15.4 Å². The Labute approximate surface area is 218 Å². The third-order valence-corrected chi connectivity index (χ3v) is 6.11. The van der Waals surface area contributed by atoms with E-state index in [0.29, 0.717) is 6.54 Å². The number of guanidine groups is 1. The number of hydrogen-bond acceptors (Lipinski definition) is 5. The van der Waals surface area contributed by atoms with Crippen molar-refractivity contribution < 1.29 is 4.74 Å². The Morgan fingerprint density at radius 2 is 1.91 bits per heavy atom. The van der Waals surface area contributed by atoms with Crippen molar-refractivity contribution in [3.8, 4) is 11.6 Å². The number of hydrogen-bond donors (Lipinski definition) is 2. The second-order valence-corrected chi connectivity index (χ2v) is 8.18. The van der Waals surface area contributed by atoms with Crippen molar-refractivity contribution in [1.82, 2.24) is 30.1 Å². The lowest BCUT2D eigenvalue weighted by Gasteiger charge is -2.30. The Hall–Kier alpha value is -2.66. The summed E-state index contributed by atoms with van der Waals surface area (Å²) in [6.45, 7) is 5.55. The van der Waals surface area contributed by atoms with E-state index in [9.17, 15) is 0 Å². The van der Waals surface area contributed by atoms with E-state index in [2.05, 4.69) is 48.7 Å². The molecule has 4 rings (SSSR count). The summed E-state index contributed by atoms with van der Waals surface area (Å²) in [5.41, 5.74) is 2.29. The van der Waals surface area contributed by atoms with E-state index in [1.54, 1.807) is 20.4 Å². The summed E-state index contributed by atoms with van der Waals surface area (Å²) in [5.74, 6) is 3.48. The van der Waals surface area contributed by atoms with E-state index in [-0.39, 0.29) is 30.0 Å². The highest BCUT2D eigenvalue weighted by Crippen LogP contribution is 2.31. The molecule has 1 aromatic carbocycles. The largest absolute Gasteiger partial charge is 0.496 e. The Kier molecular flexibility index (Phi) is 9.70. The van der Waals surface area contributed by atoms with Gasteiger partial charge in [0.15, 0.2) is 5.96 Å². The minimum absolute atomic E-state index is 0. The Bertz CT molecular complexity index is 1060. The summed E-state index contributed by atoms with van der Waals surface area (Å²) < 4.78 is 7.62. The van der Waals surface area contributed by atoms with E-state index in [1.807, 2.05) is 42.1 Å². The predicted octanol–water partition coefficient (Wildman–Crippen LogP) is 3.70. The van der Waals surface area contributed by atoms with Crippen LogP contribution in [0.4, 0.5) is 0 Å². The molecule has 8 nitrogen and oxygen atoms in total. The van der Waals surface area contributed by atoms with Crippen LogP contribution < -0.4 is 15.4 Å². The zero-order valence-electron chi connectivity index (χ0n) is 20.1. The molecule has 2 N–H and O–H groups in total. The highest BCUT2D eigenvalue weighted by Gasteiger charge is 2.26. The molecule has 0 radical (unpaired) electrons. The maximum absolute atomic E-state index is 5.66. The van der Waals surface area contributed by atoms with Gasteiger partial charge in [0, 0.05) is 44.3 Å². The number of methoxy groups -OCH3 is 1. The number of para-hydroxylation sites is 1. The van der Waals surface area contributed by atoms with Crippen LogP contribution in [0.25, 0.3) is 5.82 Å². The van der Waals surface area contributed by atoms with Crippen LogP contribution in [0.15, 0.2) is 60.0 Å². The number of pyridine rings is 1. The highest BCUT2D eigenvalue weighted by molar-refractivity contribution is 14.0. The number of benzene rings is 1. The fraction of sp³-hybridized carbons (Fsp3) is 0.400. The van der Waals surface area contributed by atoms with E-state index < -0.39 is 0 Å². The molecule has 1 aliphatic rings. The summed E-state index contributed by atoms with van der Waals surface area (Å²) in [5, 5.41) is 6.92. The van der Waals surface area contributed by atoms with E-state index in [1.165, 1.54) is 18.4 Å². The van der Waals surface area contributed by atoms with Crippen LogP contribution in [-0.4, -0.2) is 59.2 Å². The first-order valence-corrected chi connectivity index (χ1v) is 11.5. The smallest absolute Gasteiger partial charge is 0.191 e. The minimum atomic E-state index is 0. The number of likely N-dealkylation sites (tertiary alicyclic amines) is 1. The van der Waals surface area contributed by atoms with Crippen LogP contribution >= 0.6 is 24.0 Å². The molecule has 1 fully saturated rings. The van der Waals surface area contributed by atoms with Crippen molar-refractivity contribution in [2.45, 2.75) is 32.4 Å². The first kappa shape index (κ1) is 26.0. The summed E-state index contributed by atoms with van der Waals surface area (Å²) in [7, 11) is 3.54. The van der Waals surface area contributed by atoms with Crippen LogP contribution in [0.2, 0.25) is 0 Å². The number of halogens is 1. The van der Waals surface area contributed by atoms with Crippen molar-refractivity contribution in [1.29, 1.82) is 0 Å². The van der Waals surface area contributed by atoms with Crippen molar-refractivity contribution in [2.75, 3.05) is 33.8 Å². The lowest BCUT2D eigenvalue weighted by Crippen LogP contribution is -2.42. The van der Waals surface area contributed by atoms with E-state index >= 15 is 0 Å². The summed E-state index contributed by atoms with van der Waals surface area (Å²) in [6, 6.07) is 12.6. The quantitative estimate of drug-likeness (QED) is 0.242. The van der Waals surface area contributed by atoms with Crippen LogP contribution in [0, 0.1) is 6.92 Å². The normalized spacial score (nSPS) is 15.0. The monoisotopic (exact) mass is 575 g/mol. The zero-order valence-corrected chi connectivity index (χ0v) is 22.4. The molecule has 1 aliphatic heterocycles. The summed E-state index contributed by atoms with van der Waals surface area (Å²) in [4.78, 5) is 15.8. The number of aromatic nitrogens is 3. The maximum Gasteiger partial charge on any atom is 0.191 e. The number of imidazole rings is 1. The Morgan fingerprint density at radius 3 is 2.56 bits per heavy atom. The predicted molar refractivity (Wildman–Crippen MR) is 146 cm³/mol. The molecule has 0 amide bonds. The fourth-order valence-corrected chi connectivity index (χ4v) is 4.31. The zero-order chi connectivity index (χ0) is 23.0. The van der Waals surface area contributed by atoms with Crippen LogP contribution in [-0.2, 0) is 6.54 Å². The second kappa shape index (κ2) is 12.7. The maximum atomic E-state index is 5.66. The molecule has 1 unspecified atom stereocenters. The van der Waals surface area contributed by atoms with Gasteiger partial charge in [-0.2, -0.15) is 0 Å². The topological polar surface area (TPSA) is 79.6 Å². The number of aliphatic imine (C=N–C) groups is 1. The molecule has 1 atom stereocenters. The first-order chi connectivity index (χ1) is 16.2. The molecule has 3 aromatic rings. The lowest BCUT2D eigenvalue weighted by molar-refractivity contribution is 0.239. The van der Waals surface area contributed by atoms with Gasteiger partial charge in [-0.05, 0) is 50.6 Å². The Balaban J connectivity index is 0.00000324. The molecular weight excluding hydrogens is 541 g/mol. The van der Waals surface area contributed by atoms with E-state index in [0.717, 1.165) is 48.5 Å². The van der Waals surface area contributed by atoms with Crippen molar-refractivity contribution in [3.05, 3.63) is 71.9 Å². The highest BCUT2D eigenvalue weighted by atomic mass is 127. The van der Waals surface area contributed by atoms with Gasteiger partial charge in [0.2, 0.25) is 0 Å². The standard InChI is InChI=1S/C25H33N7O.HI/c1-19-27-12-15-32(19)24-11-10-20(16-28-24)17-29-25(26-2)30-18-22(31-13-6-7-14-31)21-8-4-5-9-23(21)33-3;/h4-5,8-12,15-16,22H,6-7,13-14,17-18H2,1-3H3,(H2,26,29,30);1H. The minimum Gasteiger partial charge on any atom is -0.496 e. The average molecular weight is 575 g/mol. The molecule has 2 aromatic heterocycles.